The van der Waals surface area contributed by atoms with Crippen molar-refractivity contribution >= 4 is 10.8 Å². The predicted molar refractivity (Wildman–Crippen MR) is 80.6 cm³/mol. The van der Waals surface area contributed by atoms with Gasteiger partial charge in [-0.2, -0.15) is 0 Å². The zero-order valence-electron chi connectivity index (χ0n) is 11.7. The highest BCUT2D eigenvalue weighted by atomic mass is 16.1. The molecule has 0 fully saturated rings. The van der Waals surface area contributed by atoms with Crippen LogP contribution < -0.4 is 10.9 Å². The van der Waals surface area contributed by atoms with Gasteiger partial charge in [-0.05, 0) is 44.3 Å². The van der Waals surface area contributed by atoms with Crippen LogP contribution in [0.4, 0.5) is 0 Å². The minimum absolute atomic E-state index is 0.125. The van der Waals surface area contributed by atoms with Gasteiger partial charge in [0, 0.05) is 24.2 Å². The molecule has 0 aliphatic heterocycles. The number of pyridine rings is 1. The Balaban J connectivity index is 2.01. The lowest BCUT2D eigenvalue weighted by Gasteiger charge is -2.10. The smallest absolute Gasteiger partial charge is 0.258 e. The molecule has 19 heavy (non-hydrogen) atoms. The van der Waals surface area contributed by atoms with Crippen molar-refractivity contribution in [3.63, 3.8) is 0 Å². The maximum Gasteiger partial charge on any atom is 0.258 e. The monoisotopic (exact) mass is 258 g/mol. The van der Waals surface area contributed by atoms with Gasteiger partial charge in [-0.1, -0.05) is 24.6 Å². The van der Waals surface area contributed by atoms with Crippen molar-refractivity contribution in [2.75, 3.05) is 7.05 Å². The summed E-state index contributed by atoms with van der Waals surface area (Å²) < 4.78 is 1.83. The summed E-state index contributed by atoms with van der Waals surface area (Å²) in [6.07, 6.45) is 5.25. The average molecular weight is 258 g/mol. The Morgan fingerprint density at radius 2 is 2.00 bits per heavy atom. The summed E-state index contributed by atoms with van der Waals surface area (Å²) in [7, 11) is 1.98. The summed E-state index contributed by atoms with van der Waals surface area (Å²) in [5, 5.41) is 5.07. The number of hydrogen-bond acceptors (Lipinski definition) is 2. The fourth-order valence-electron chi connectivity index (χ4n) is 2.28. The lowest BCUT2D eigenvalue weighted by molar-refractivity contribution is 0.502. The minimum atomic E-state index is 0.125. The van der Waals surface area contributed by atoms with Gasteiger partial charge in [-0.15, -0.1) is 0 Å². The zero-order valence-corrected chi connectivity index (χ0v) is 11.7. The first-order valence-electron chi connectivity index (χ1n) is 6.98. The number of benzene rings is 1. The molecule has 0 radical (unpaired) electrons. The normalized spacial score (nSPS) is 12.7. The van der Waals surface area contributed by atoms with Crippen molar-refractivity contribution < 1.29 is 0 Å². The molecule has 0 amide bonds. The third-order valence-electron chi connectivity index (χ3n) is 3.67. The van der Waals surface area contributed by atoms with E-state index in [9.17, 15) is 4.79 Å². The second-order valence-corrected chi connectivity index (χ2v) is 5.09. The standard InChI is InChI=1S/C16H22N2O/c1-13(17-2)7-5-6-11-18-12-10-14-8-3-4-9-15(14)16(18)19/h3-4,8-10,12-13,17H,5-7,11H2,1-2H3. The predicted octanol–water partition coefficient (Wildman–Crippen LogP) is 2.78. The van der Waals surface area contributed by atoms with Crippen molar-refractivity contribution in [1.82, 2.24) is 9.88 Å². The molecule has 0 saturated carbocycles. The van der Waals surface area contributed by atoms with E-state index >= 15 is 0 Å². The largest absolute Gasteiger partial charge is 0.317 e. The van der Waals surface area contributed by atoms with Gasteiger partial charge in [0.15, 0.2) is 0 Å². The second-order valence-electron chi connectivity index (χ2n) is 5.09. The van der Waals surface area contributed by atoms with Gasteiger partial charge in [0.25, 0.3) is 5.56 Å². The number of aromatic nitrogens is 1. The van der Waals surface area contributed by atoms with Gasteiger partial charge in [-0.3, -0.25) is 4.79 Å². The summed E-state index contributed by atoms with van der Waals surface area (Å²) in [6, 6.07) is 10.3. The Morgan fingerprint density at radius 3 is 2.79 bits per heavy atom. The molecule has 102 valence electrons. The number of unbranched alkanes of at least 4 members (excludes halogenated alkanes) is 1. The molecule has 1 aromatic heterocycles. The maximum atomic E-state index is 12.3. The quantitative estimate of drug-likeness (QED) is 0.808. The fraction of sp³-hybridized carbons (Fsp3) is 0.438. The van der Waals surface area contributed by atoms with Crippen LogP contribution in [-0.4, -0.2) is 17.7 Å². The van der Waals surface area contributed by atoms with E-state index in [2.05, 4.69) is 12.2 Å². The van der Waals surface area contributed by atoms with Gasteiger partial charge in [-0.25, -0.2) is 0 Å². The number of rotatable bonds is 6. The van der Waals surface area contributed by atoms with Gasteiger partial charge in [0.05, 0.1) is 0 Å². The topological polar surface area (TPSA) is 34.0 Å². The highest BCUT2D eigenvalue weighted by Gasteiger charge is 2.02. The van der Waals surface area contributed by atoms with E-state index in [0.29, 0.717) is 6.04 Å². The highest BCUT2D eigenvalue weighted by molar-refractivity contribution is 5.81. The highest BCUT2D eigenvalue weighted by Crippen LogP contribution is 2.09. The first-order chi connectivity index (χ1) is 9.22. The number of aryl methyl sites for hydroxylation is 1. The summed E-state index contributed by atoms with van der Waals surface area (Å²) in [5.41, 5.74) is 0.125. The molecule has 2 rings (SSSR count). The van der Waals surface area contributed by atoms with Crippen molar-refractivity contribution in [3.05, 3.63) is 46.9 Å². The van der Waals surface area contributed by atoms with Crippen LogP contribution in [0.2, 0.25) is 0 Å². The van der Waals surface area contributed by atoms with Crippen molar-refractivity contribution in [2.24, 2.45) is 0 Å². The van der Waals surface area contributed by atoms with Crippen LogP contribution in [0.1, 0.15) is 26.2 Å². The number of nitrogens with one attached hydrogen (secondary N) is 1. The molecule has 1 aromatic carbocycles. The molecule has 3 heteroatoms. The minimum Gasteiger partial charge on any atom is -0.317 e. The van der Waals surface area contributed by atoms with Crippen LogP contribution in [0.3, 0.4) is 0 Å². The van der Waals surface area contributed by atoms with Crippen LogP contribution in [0.25, 0.3) is 10.8 Å². The first-order valence-corrected chi connectivity index (χ1v) is 6.98. The van der Waals surface area contributed by atoms with Gasteiger partial charge >= 0.3 is 0 Å². The van der Waals surface area contributed by atoms with E-state index in [1.807, 2.05) is 48.1 Å². The van der Waals surface area contributed by atoms with Crippen LogP contribution >= 0.6 is 0 Å². The molecule has 1 atom stereocenters. The molecule has 0 aliphatic rings. The van der Waals surface area contributed by atoms with E-state index in [1.54, 1.807) is 0 Å². The third-order valence-corrected chi connectivity index (χ3v) is 3.67. The first kappa shape index (κ1) is 13.8. The molecule has 0 saturated heterocycles. The average Bonchev–Trinajstić information content (AvgIpc) is 2.45. The molecule has 0 aliphatic carbocycles. The summed E-state index contributed by atoms with van der Waals surface area (Å²) in [5.74, 6) is 0. The van der Waals surface area contributed by atoms with Gasteiger partial charge in [0.2, 0.25) is 0 Å². The van der Waals surface area contributed by atoms with Crippen LogP contribution in [0.15, 0.2) is 41.3 Å². The Kier molecular flexibility index (Phi) is 4.74. The summed E-state index contributed by atoms with van der Waals surface area (Å²) in [6.45, 7) is 2.99. The molecular weight excluding hydrogens is 236 g/mol. The second kappa shape index (κ2) is 6.53. The molecular formula is C16H22N2O. The molecule has 1 N–H and O–H groups in total. The van der Waals surface area contributed by atoms with E-state index in [4.69, 9.17) is 0 Å². The fourth-order valence-corrected chi connectivity index (χ4v) is 2.28. The molecule has 3 nitrogen and oxygen atoms in total. The van der Waals surface area contributed by atoms with Gasteiger partial charge < -0.3 is 9.88 Å². The maximum absolute atomic E-state index is 12.3. The van der Waals surface area contributed by atoms with E-state index in [-0.39, 0.29) is 5.56 Å². The van der Waals surface area contributed by atoms with E-state index in [0.717, 1.165) is 36.6 Å². The van der Waals surface area contributed by atoms with Crippen LogP contribution in [0, 0.1) is 0 Å². The molecule has 0 spiro atoms. The molecule has 0 bridgehead atoms. The summed E-state index contributed by atoms with van der Waals surface area (Å²) in [4.78, 5) is 12.3. The van der Waals surface area contributed by atoms with E-state index in [1.165, 1.54) is 0 Å². The SMILES string of the molecule is CNC(C)CCCCn1ccc2ccccc2c1=O. The number of nitrogens with zero attached hydrogens (tertiary/aromatic N) is 1. The Hall–Kier alpha value is -1.61. The van der Waals surface area contributed by atoms with Crippen molar-refractivity contribution in [1.29, 1.82) is 0 Å². The Morgan fingerprint density at radius 1 is 1.21 bits per heavy atom. The molecule has 2 aromatic rings. The van der Waals surface area contributed by atoms with Crippen molar-refractivity contribution in [2.45, 2.75) is 38.8 Å². The lowest BCUT2D eigenvalue weighted by Crippen LogP contribution is -2.22. The third kappa shape index (κ3) is 3.44. The van der Waals surface area contributed by atoms with Gasteiger partial charge in [0.1, 0.15) is 0 Å². The van der Waals surface area contributed by atoms with Crippen molar-refractivity contribution in [3.8, 4) is 0 Å². The molecule has 1 heterocycles. The van der Waals surface area contributed by atoms with Crippen LogP contribution in [-0.2, 0) is 6.54 Å². The number of fused-ring (bicyclic) bond motifs is 1. The lowest BCUT2D eigenvalue weighted by atomic mass is 10.1. The van der Waals surface area contributed by atoms with E-state index < -0.39 is 0 Å². The zero-order chi connectivity index (χ0) is 13.7. The Bertz CT molecular complexity index is 589. The van der Waals surface area contributed by atoms with Crippen LogP contribution in [0.5, 0.6) is 0 Å². The Labute approximate surface area is 114 Å². The summed E-state index contributed by atoms with van der Waals surface area (Å²) >= 11 is 0. The molecule has 1 unspecified atom stereocenters. The number of hydrogen-bond donors (Lipinski definition) is 1.